The molecule has 0 radical (unpaired) electrons. The van der Waals surface area contributed by atoms with E-state index in [4.69, 9.17) is 4.74 Å². The van der Waals surface area contributed by atoms with Crippen molar-refractivity contribution in [1.29, 1.82) is 0 Å². The number of Topliss-reactive ketones (excluding diaryl/α,β-unsaturated/α-hetero) is 1. The lowest BCUT2D eigenvalue weighted by Crippen LogP contribution is -2.51. The van der Waals surface area contributed by atoms with Crippen LogP contribution >= 0.6 is 0 Å². The first-order chi connectivity index (χ1) is 12.1. The van der Waals surface area contributed by atoms with E-state index in [1.807, 2.05) is 27.7 Å². The van der Waals surface area contributed by atoms with E-state index in [2.05, 4.69) is 20.8 Å². The molecule has 1 unspecified atom stereocenters. The van der Waals surface area contributed by atoms with Gasteiger partial charge in [-0.05, 0) is 70.1 Å². The second-order valence-electron chi connectivity index (χ2n) is 8.61. The Morgan fingerprint density at radius 1 is 1.12 bits per heavy atom. The van der Waals surface area contributed by atoms with Gasteiger partial charge >= 0.3 is 0 Å². The Hall–Kier alpha value is -1.51. The highest BCUT2D eigenvalue weighted by atomic mass is 16.5. The summed E-state index contributed by atoms with van der Waals surface area (Å²) in [6, 6.07) is 0. The third-order valence-electron chi connectivity index (χ3n) is 6.43. The number of aromatic hydroxyl groups is 1. The van der Waals surface area contributed by atoms with Gasteiger partial charge in [0, 0.05) is 11.0 Å². The molecule has 0 aliphatic carbocycles. The molecule has 3 heteroatoms. The van der Waals surface area contributed by atoms with Gasteiger partial charge in [0.15, 0.2) is 11.4 Å². The van der Waals surface area contributed by atoms with Crippen LogP contribution in [-0.2, 0) is 11.2 Å². The molecule has 0 saturated heterocycles. The van der Waals surface area contributed by atoms with Crippen LogP contribution in [0.1, 0.15) is 88.5 Å². The van der Waals surface area contributed by atoms with Crippen LogP contribution in [0.15, 0.2) is 0 Å². The molecule has 3 nitrogen and oxygen atoms in total. The Bertz CT molecular complexity index is 691. The van der Waals surface area contributed by atoms with Gasteiger partial charge in [-0.3, -0.25) is 4.79 Å². The van der Waals surface area contributed by atoms with Crippen molar-refractivity contribution < 1.29 is 14.6 Å². The third kappa shape index (κ3) is 3.50. The topological polar surface area (TPSA) is 46.5 Å². The van der Waals surface area contributed by atoms with Crippen molar-refractivity contribution in [3.05, 3.63) is 22.3 Å². The maximum absolute atomic E-state index is 13.6. The number of ether oxygens (including phenoxy) is 1. The SMILES string of the molecule is CCCCC(C)(CCC)C(=O)[C@]1(C)CCc2c(C)c(O)c(C)c(C)c2O1. The minimum atomic E-state index is -0.786. The summed E-state index contributed by atoms with van der Waals surface area (Å²) in [4.78, 5) is 13.6. The number of unbranched alkanes of at least 4 members (excludes halogenated alkanes) is 1. The molecule has 0 spiro atoms. The van der Waals surface area contributed by atoms with Gasteiger partial charge in [-0.1, -0.05) is 40.0 Å². The molecule has 1 N–H and O–H groups in total. The highest BCUT2D eigenvalue weighted by Crippen LogP contribution is 2.46. The molecule has 0 aromatic heterocycles. The van der Waals surface area contributed by atoms with Crippen LogP contribution < -0.4 is 4.74 Å². The maximum Gasteiger partial charge on any atom is 0.181 e. The Morgan fingerprint density at radius 3 is 2.35 bits per heavy atom. The van der Waals surface area contributed by atoms with Gasteiger partial charge in [-0.25, -0.2) is 0 Å². The largest absolute Gasteiger partial charge is 0.507 e. The number of phenolic OH excluding ortho intramolecular Hbond substituents is 1. The summed E-state index contributed by atoms with van der Waals surface area (Å²) in [7, 11) is 0. The number of fused-ring (bicyclic) bond motifs is 1. The summed E-state index contributed by atoms with van der Waals surface area (Å²) in [6.45, 7) is 14.2. The fraction of sp³-hybridized carbons (Fsp3) is 0.696. The minimum absolute atomic E-state index is 0.244. The van der Waals surface area contributed by atoms with Gasteiger partial charge in [0.05, 0.1) is 0 Å². The number of carbonyl (C=O) groups excluding carboxylic acids is 1. The second-order valence-corrected chi connectivity index (χ2v) is 8.61. The molecule has 2 rings (SSSR count). The number of hydrogen-bond donors (Lipinski definition) is 1. The maximum atomic E-state index is 13.6. The predicted octanol–water partition coefficient (Wildman–Crippen LogP) is 5.97. The van der Waals surface area contributed by atoms with E-state index in [9.17, 15) is 9.90 Å². The molecule has 1 heterocycles. The number of phenols is 1. The average Bonchev–Trinajstić information content (AvgIpc) is 2.62. The monoisotopic (exact) mass is 360 g/mol. The van der Waals surface area contributed by atoms with Gasteiger partial charge in [0.1, 0.15) is 11.5 Å². The molecular weight excluding hydrogens is 324 g/mol. The molecule has 0 amide bonds. The van der Waals surface area contributed by atoms with Crippen molar-refractivity contribution in [2.24, 2.45) is 5.41 Å². The van der Waals surface area contributed by atoms with E-state index >= 15 is 0 Å². The molecule has 26 heavy (non-hydrogen) atoms. The quantitative estimate of drug-likeness (QED) is 0.652. The fourth-order valence-electron chi connectivity index (χ4n) is 4.52. The van der Waals surface area contributed by atoms with Crippen LogP contribution in [-0.4, -0.2) is 16.5 Å². The lowest BCUT2D eigenvalue weighted by Gasteiger charge is -2.42. The first-order valence-corrected chi connectivity index (χ1v) is 10.2. The molecular formula is C23H36O3. The summed E-state index contributed by atoms with van der Waals surface area (Å²) < 4.78 is 6.44. The molecule has 0 fully saturated rings. The Balaban J connectivity index is 2.42. The zero-order chi connectivity index (χ0) is 19.7. The van der Waals surface area contributed by atoms with Crippen molar-refractivity contribution in [1.82, 2.24) is 0 Å². The number of hydrogen-bond acceptors (Lipinski definition) is 3. The number of carbonyl (C=O) groups is 1. The molecule has 1 aliphatic heterocycles. The molecule has 0 saturated carbocycles. The van der Waals surface area contributed by atoms with Crippen molar-refractivity contribution in [2.75, 3.05) is 0 Å². The zero-order valence-corrected chi connectivity index (χ0v) is 17.7. The van der Waals surface area contributed by atoms with Crippen LogP contribution in [0.4, 0.5) is 0 Å². The van der Waals surface area contributed by atoms with Gasteiger partial charge in [0.2, 0.25) is 0 Å². The summed E-state index contributed by atoms with van der Waals surface area (Å²) in [5.74, 6) is 1.42. The fourth-order valence-corrected chi connectivity index (χ4v) is 4.52. The molecule has 2 atom stereocenters. The predicted molar refractivity (Wildman–Crippen MR) is 107 cm³/mol. The summed E-state index contributed by atoms with van der Waals surface area (Å²) in [5.41, 5.74) is 2.63. The van der Waals surface area contributed by atoms with E-state index in [0.717, 1.165) is 66.5 Å². The molecule has 1 aromatic rings. The standard InChI is InChI=1S/C23H36O3/c1-8-10-13-22(6,12-9-2)21(25)23(7)14-11-18-17(5)19(24)15(3)16(4)20(18)26-23/h24H,8-14H2,1-7H3/t22?,23-/m0/s1. The van der Waals surface area contributed by atoms with Crippen LogP contribution in [0.5, 0.6) is 11.5 Å². The van der Waals surface area contributed by atoms with Gasteiger partial charge in [-0.15, -0.1) is 0 Å². The van der Waals surface area contributed by atoms with Crippen molar-refractivity contribution >= 4 is 5.78 Å². The lowest BCUT2D eigenvalue weighted by atomic mass is 9.69. The highest BCUT2D eigenvalue weighted by Gasteiger charge is 2.48. The van der Waals surface area contributed by atoms with E-state index in [-0.39, 0.29) is 11.2 Å². The van der Waals surface area contributed by atoms with Gasteiger partial charge in [0.25, 0.3) is 0 Å². The van der Waals surface area contributed by atoms with E-state index < -0.39 is 5.60 Å². The normalized spacial score (nSPS) is 21.7. The lowest BCUT2D eigenvalue weighted by molar-refractivity contribution is -0.145. The second kappa shape index (κ2) is 7.62. The summed E-state index contributed by atoms with van der Waals surface area (Å²) >= 11 is 0. The van der Waals surface area contributed by atoms with Crippen LogP contribution in [0, 0.1) is 26.2 Å². The Kier molecular flexibility index (Phi) is 6.09. The highest BCUT2D eigenvalue weighted by molar-refractivity contribution is 5.92. The van der Waals surface area contributed by atoms with E-state index in [1.54, 1.807) is 0 Å². The van der Waals surface area contributed by atoms with Crippen LogP contribution in [0.3, 0.4) is 0 Å². The number of rotatable bonds is 7. The Labute approximate surface area is 159 Å². The van der Waals surface area contributed by atoms with Crippen molar-refractivity contribution in [3.8, 4) is 11.5 Å². The number of benzene rings is 1. The number of ketones is 1. The smallest absolute Gasteiger partial charge is 0.181 e. The van der Waals surface area contributed by atoms with E-state index in [1.165, 1.54) is 0 Å². The van der Waals surface area contributed by atoms with Gasteiger partial charge in [-0.2, -0.15) is 0 Å². The molecule has 1 aromatic carbocycles. The van der Waals surface area contributed by atoms with Crippen molar-refractivity contribution in [2.45, 2.75) is 99.0 Å². The Morgan fingerprint density at radius 2 is 1.77 bits per heavy atom. The van der Waals surface area contributed by atoms with E-state index in [0.29, 0.717) is 12.2 Å². The van der Waals surface area contributed by atoms with Crippen molar-refractivity contribution in [3.63, 3.8) is 0 Å². The minimum Gasteiger partial charge on any atom is -0.507 e. The molecule has 0 bridgehead atoms. The average molecular weight is 361 g/mol. The summed E-state index contributed by atoms with van der Waals surface area (Å²) in [6.07, 6.45) is 6.45. The first-order valence-electron chi connectivity index (χ1n) is 10.2. The van der Waals surface area contributed by atoms with Gasteiger partial charge < -0.3 is 9.84 Å². The zero-order valence-electron chi connectivity index (χ0n) is 17.7. The summed E-state index contributed by atoms with van der Waals surface area (Å²) in [5, 5.41) is 10.4. The van der Waals surface area contributed by atoms with Crippen LogP contribution in [0.25, 0.3) is 0 Å². The molecule has 146 valence electrons. The van der Waals surface area contributed by atoms with Crippen LogP contribution in [0.2, 0.25) is 0 Å². The molecule has 1 aliphatic rings. The first kappa shape index (κ1) is 20.8. The third-order valence-corrected chi connectivity index (χ3v) is 6.43.